The van der Waals surface area contributed by atoms with E-state index in [-0.39, 0.29) is 17.1 Å². The fourth-order valence-electron chi connectivity index (χ4n) is 1.08. The lowest BCUT2D eigenvalue weighted by molar-refractivity contribution is -0.115. The van der Waals surface area contributed by atoms with Gasteiger partial charge in [-0.1, -0.05) is 0 Å². The largest absolute Gasteiger partial charge is 0.495 e. The predicted molar refractivity (Wildman–Crippen MR) is 51.9 cm³/mol. The number of hydrogen-bond acceptors (Lipinski definition) is 3. The summed E-state index contributed by atoms with van der Waals surface area (Å²) < 4.78 is 53.6. The van der Waals surface area contributed by atoms with Crippen molar-refractivity contribution < 1.29 is 22.3 Å². The van der Waals surface area contributed by atoms with Crippen molar-refractivity contribution in [1.29, 1.82) is 0 Å². The van der Waals surface area contributed by atoms with Gasteiger partial charge in [-0.25, -0.2) is 4.39 Å². The van der Waals surface area contributed by atoms with Gasteiger partial charge in [0.25, 0.3) is 0 Å². The summed E-state index contributed by atoms with van der Waals surface area (Å²) in [6.07, 6.45) is -4.42. The van der Waals surface area contributed by atoms with Crippen LogP contribution in [0, 0.1) is 5.82 Å². The lowest BCUT2D eigenvalue weighted by Crippen LogP contribution is -2.21. The van der Waals surface area contributed by atoms with E-state index >= 15 is 0 Å². The van der Waals surface area contributed by atoms with Gasteiger partial charge >= 0.3 is 6.18 Å². The second-order valence-corrected chi connectivity index (χ2v) is 3.04. The molecule has 1 aromatic carbocycles. The summed E-state index contributed by atoms with van der Waals surface area (Å²) in [7, 11) is 1.29. The molecule has 7 heteroatoms. The summed E-state index contributed by atoms with van der Waals surface area (Å²) in [6.45, 7) is -1.32. The van der Waals surface area contributed by atoms with E-state index in [1.54, 1.807) is 0 Å². The van der Waals surface area contributed by atoms with Gasteiger partial charge in [0.05, 0.1) is 18.5 Å². The highest BCUT2D eigenvalue weighted by Gasteiger charge is 2.27. The van der Waals surface area contributed by atoms with Gasteiger partial charge in [0, 0.05) is 12.1 Å². The average molecular weight is 238 g/mol. The fraction of sp³-hybridized carbons (Fsp3) is 0.333. The smallest absolute Gasteiger partial charge is 0.405 e. The quantitative estimate of drug-likeness (QED) is 0.627. The van der Waals surface area contributed by atoms with Crippen LogP contribution in [0.1, 0.15) is 0 Å². The Hall–Kier alpha value is -1.66. The molecule has 0 spiro atoms. The van der Waals surface area contributed by atoms with Crippen LogP contribution in [-0.4, -0.2) is 19.8 Å². The molecule has 0 heterocycles. The Kier molecular flexibility index (Phi) is 3.46. The molecule has 0 radical (unpaired) electrons. The first-order valence-corrected chi connectivity index (χ1v) is 4.27. The molecule has 0 saturated carbocycles. The maximum atomic E-state index is 13.2. The van der Waals surface area contributed by atoms with Gasteiger partial charge in [0.2, 0.25) is 0 Å². The minimum Gasteiger partial charge on any atom is -0.495 e. The molecule has 16 heavy (non-hydrogen) atoms. The minimum atomic E-state index is -4.42. The van der Waals surface area contributed by atoms with Crippen LogP contribution in [0.3, 0.4) is 0 Å². The minimum absolute atomic E-state index is 0.0255. The Morgan fingerprint density at radius 3 is 2.50 bits per heavy atom. The molecule has 0 aliphatic rings. The predicted octanol–water partition coefficient (Wildman–Crippen LogP) is 2.39. The first-order valence-electron chi connectivity index (χ1n) is 4.27. The Labute approximate surface area is 89.2 Å². The molecular formula is C9H10F4N2O. The molecular weight excluding hydrogens is 228 g/mol. The number of nitrogens with one attached hydrogen (secondary N) is 1. The van der Waals surface area contributed by atoms with E-state index in [1.807, 2.05) is 5.32 Å². The number of anilines is 2. The lowest BCUT2D eigenvalue weighted by Gasteiger charge is -2.12. The van der Waals surface area contributed by atoms with Gasteiger partial charge < -0.3 is 15.8 Å². The maximum absolute atomic E-state index is 13.2. The third-order valence-electron chi connectivity index (χ3n) is 1.80. The Morgan fingerprint density at radius 1 is 1.38 bits per heavy atom. The lowest BCUT2D eigenvalue weighted by atomic mass is 10.2. The van der Waals surface area contributed by atoms with E-state index in [1.165, 1.54) is 7.11 Å². The van der Waals surface area contributed by atoms with Crippen LogP contribution in [0.15, 0.2) is 12.1 Å². The number of rotatable bonds is 3. The second-order valence-electron chi connectivity index (χ2n) is 3.04. The molecule has 0 amide bonds. The molecule has 0 atom stereocenters. The molecule has 0 aliphatic carbocycles. The summed E-state index contributed by atoms with van der Waals surface area (Å²) >= 11 is 0. The molecule has 1 aromatic rings. The molecule has 1 rings (SSSR count). The van der Waals surface area contributed by atoms with Gasteiger partial charge in [-0.05, 0) is 0 Å². The van der Waals surface area contributed by atoms with Crippen LogP contribution in [0.5, 0.6) is 5.75 Å². The van der Waals surface area contributed by atoms with Crippen LogP contribution in [-0.2, 0) is 0 Å². The molecule has 3 N–H and O–H groups in total. The van der Waals surface area contributed by atoms with E-state index in [4.69, 9.17) is 10.5 Å². The average Bonchev–Trinajstić information content (AvgIpc) is 2.15. The van der Waals surface area contributed by atoms with Crippen molar-refractivity contribution in [3.05, 3.63) is 17.9 Å². The number of nitrogen functional groups attached to an aromatic ring is 1. The van der Waals surface area contributed by atoms with Crippen molar-refractivity contribution in [1.82, 2.24) is 0 Å². The zero-order valence-electron chi connectivity index (χ0n) is 8.36. The molecule has 3 nitrogen and oxygen atoms in total. The van der Waals surface area contributed by atoms with E-state index in [0.717, 1.165) is 12.1 Å². The van der Waals surface area contributed by atoms with Gasteiger partial charge in [0.1, 0.15) is 18.1 Å². The third kappa shape index (κ3) is 3.18. The van der Waals surface area contributed by atoms with Gasteiger partial charge in [-0.3, -0.25) is 0 Å². The number of hydrogen-bond donors (Lipinski definition) is 2. The maximum Gasteiger partial charge on any atom is 0.405 e. The van der Waals surface area contributed by atoms with Crippen molar-refractivity contribution in [3.8, 4) is 5.75 Å². The number of nitrogens with two attached hydrogens (primary N) is 1. The van der Waals surface area contributed by atoms with Crippen molar-refractivity contribution >= 4 is 11.4 Å². The van der Waals surface area contributed by atoms with Crippen LogP contribution in [0.4, 0.5) is 28.9 Å². The van der Waals surface area contributed by atoms with Crippen LogP contribution in [0.25, 0.3) is 0 Å². The van der Waals surface area contributed by atoms with E-state index in [9.17, 15) is 17.6 Å². The molecule has 0 aromatic heterocycles. The third-order valence-corrected chi connectivity index (χ3v) is 1.80. The summed E-state index contributed by atoms with van der Waals surface area (Å²) in [5.74, 6) is -0.742. The number of ether oxygens (including phenoxy) is 1. The normalized spacial score (nSPS) is 11.3. The van der Waals surface area contributed by atoms with Crippen molar-refractivity contribution in [2.75, 3.05) is 24.7 Å². The molecule has 90 valence electrons. The first kappa shape index (κ1) is 12.4. The Bertz CT molecular complexity index is 379. The number of halogens is 4. The highest BCUT2D eigenvalue weighted by Crippen LogP contribution is 2.28. The van der Waals surface area contributed by atoms with Crippen LogP contribution in [0.2, 0.25) is 0 Å². The molecule has 0 bridgehead atoms. The summed E-state index contributed by atoms with van der Waals surface area (Å²) in [5, 5.41) is 1.92. The second kappa shape index (κ2) is 4.46. The first-order chi connectivity index (χ1) is 7.33. The van der Waals surface area contributed by atoms with E-state index in [2.05, 4.69) is 0 Å². The standard InChI is InChI=1S/C9H10F4N2O/c1-16-8-3-7(5(10)2-6(8)14)15-4-9(11,12)13/h2-3,15H,4,14H2,1H3. The number of alkyl halides is 3. The Morgan fingerprint density at radius 2 is 2.00 bits per heavy atom. The SMILES string of the molecule is COc1cc(NCC(F)(F)F)c(F)cc1N. The zero-order valence-corrected chi connectivity index (χ0v) is 8.36. The summed E-state index contributed by atoms with van der Waals surface area (Å²) in [4.78, 5) is 0. The topological polar surface area (TPSA) is 47.3 Å². The highest BCUT2D eigenvalue weighted by atomic mass is 19.4. The number of benzene rings is 1. The fourth-order valence-corrected chi connectivity index (χ4v) is 1.08. The summed E-state index contributed by atoms with van der Waals surface area (Å²) in [6, 6.07) is 1.98. The van der Waals surface area contributed by atoms with Crippen molar-refractivity contribution in [2.45, 2.75) is 6.18 Å². The number of methoxy groups -OCH3 is 1. The Balaban J connectivity index is 2.88. The molecule has 0 unspecified atom stereocenters. The van der Waals surface area contributed by atoms with Crippen molar-refractivity contribution in [3.63, 3.8) is 0 Å². The highest BCUT2D eigenvalue weighted by molar-refractivity contribution is 5.62. The van der Waals surface area contributed by atoms with Gasteiger partial charge in [0.15, 0.2) is 0 Å². The zero-order chi connectivity index (χ0) is 12.3. The van der Waals surface area contributed by atoms with Crippen LogP contribution >= 0.6 is 0 Å². The van der Waals surface area contributed by atoms with Crippen molar-refractivity contribution in [2.24, 2.45) is 0 Å². The van der Waals surface area contributed by atoms with Gasteiger partial charge in [-0.2, -0.15) is 13.2 Å². The molecule has 0 aliphatic heterocycles. The van der Waals surface area contributed by atoms with E-state index in [0.29, 0.717) is 0 Å². The summed E-state index contributed by atoms with van der Waals surface area (Å²) in [5.41, 5.74) is 5.09. The van der Waals surface area contributed by atoms with E-state index < -0.39 is 18.5 Å². The van der Waals surface area contributed by atoms with Crippen LogP contribution < -0.4 is 15.8 Å². The molecule has 0 saturated heterocycles. The molecule has 0 fully saturated rings. The van der Waals surface area contributed by atoms with Gasteiger partial charge in [-0.15, -0.1) is 0 Å². The monoisotopic (exact) mass is 238 g/mol.